The zero-order valence-corrected chi connectivity index (χ0v) is 9.48. The first-order chi connectivity index (χ1) is 8.86. The van der Waals surface area contributed by atoms with Gasteiger partial charge in [-0.3, -0.25) is 0 Å². The molecule has 2 aromatic rings. The molecule has 0 spiro atoms. The van der Waals surface area contributed by atoms with Gasteiger partial charge in [0.1, 0.15) is 5.75 Å². The van der Waals surface area contributed by atoms with Gasteiger partial charge in [-0.25, -0.2) is 4.98 Å². The molecule has 1 aromatic heterocycles. The van der Waals surface area contributed by atoms with E-state index in [-0.39, 0.29) is 23.3 Å². The number of nitrogens with two attached hydrogens (primary N) is 2. The van der Waals surface area contributed by atoms with Gasteiger partial charge >= 0.3 is 6.18 Å². The van der Waals surface area contributed by atoms with E-state index in [1.165, 1.54) is 18.3 Å². The van der Waals surface area contributed by atoms with Crippen LogP contribution in [0.1, 0.15) is 5.56 Å². The maximum atomic E-state index is 12.4. The van der Waals surface area contributed by atoms with Gasteiger partial charge in [-0.15, -0.1) is 0 Å². The Morgan fingerprint density at radius 2 is 1.63 bits per heavy atom. The second-order valence-corrected chi connectivity index (χ2v) is 3.60. The molecule has 0 aliphatic carbocycles. The average Bonchev–Trinajstić information content (AvgIpc) is 2.33. The van der Waals surface area contributed by atoms with E-state index in [2.05, 4.69) is 9.97 Å². The van der Waals surface area contributed by atoms with E-state index in [0.717, 1.165) is 12.1 Å². The van der Waals surface area contributed by atoms with Gasteiger partial charge in [-0.2, -0.15) is 18.2 Å². The van der Waals surface area contributed by atoms with Gasteiger partial charge in [0, 0.05) is 0 Å². The van der Waals surface area contributed by atoms with Gasteiger partial charge in [-0.1, -0.05) is 0 Å². The van der Waals surface area contributed by atoms with Gasteiger partial charge in [0.25, 0.3) is 0 Å². The minimum absolute atomic E-state index is 0.00980. The minimum Gasteiger partial charge on any atom is -0.437 e. The summed E-state index contributed by atoms with van der Waals surface area (Å²) in [5, 5.41) is 0. The monoisotopic (exact) mass is 270 g/mol. The van der Waals surface area contributed by atoms with Crippen molar-refractivity contribution in [1.82, 2.24) is 9.97 Å². The van der Waals surface area contributed by atoms with E-state index in [4.69, 9.17) is 16.2 Å². The predicted molar refractivity (Wildman–Crippen MR) is 62.4 cm³/mol. The number of halogens is 3. The fourth-order valence-corrected chi connectivity index (χ4v) is 1.28. The number of nitrogens with zero attached hydrogens (tertiary/aromatic N) is 2. The minimum atomic E-state index is -4.38. The van der Waals surface area contributed by atoms with E-state index >= 15 is 0 Å². The van der Waals surface area contributed by atoms with Crippen LogP contribution in [0.3, 0.4) is 0 Å². The standard InChI is InChI=1S/C11H9F3N4O/c12-11(13,14)6-1-3-7(4-2-6)19-8-5-17-9(15)10(16)18-8/h1-5H,(H2,15,17)(H2,16,18). The Balaban J connectivity index is 2.17. The predicted octanol–water partition coefficient (Wildman–Crippen LogP) is 2.45. The summed E-state index contributed by atoms with van der Waals surface area (Å²) in [5.74, 6) is 0.280. The highest BCUT2D eigenvalue weighted by molar-refractivity contribution is 5.52. The topological polar surface area (TPSA) is 87.0 Å². The Bertz CT molecular complexity index is 583. The molecular formula is C11H9F3N4O. The SMILES string of the molecule is Nc1ncc(Oc2ccc(C(F)(F)F)cc2)nc1N. The Hall–Kier alpha value is -2.51. The van der Waals surface area contributed by atoms with Crippen LogP contribution in [0.5, 0.6) is 11.6 Å². The highest BCUT2D eigenvalue weighted by Crippen LogP contribution is 2.31. The molecule has 2 rings (SSSR count). The third-order valence-electron chi connectivity index (χ3n) is 2.21. The van der Waals surface area contributed by atoms with Gasteiger partial charge in [0.15, 0.2) is 11.6 Å². The molecule has 0 fully saturated rings. The number of benzene rings is 1. The van der Waals surface area contributed by atoms with Crippen LogP contribution in [0.15, 0.2) is 30.5 Å². The van der Waals surface area contributed by atoms with Crippen molar-refractivity contribution in [2.45, 2.75) is 6.18 Å². The lowest BCUT2D eigenvalue weighted by Crippen LogP contribution is -2.04. The highest BCUT2D eigenvalue weighted by Gasteiger charge is 2.30. The van der Waals surface area contributed by atoms with E-state index in [1.807, 2.05) is 0 Å². The molecule has 100 valence electrons. The lowest BCUT2D eigenvalue weighted by atomic mass is 10.2. The van der Waals surface area contributed by atoms with Gasteiger partial charge in [0.05, 0.1) is 11.8 Å². The summed E-state index contributed by atoms with van der Waals surface area (Å²) in [6.45, 7) is 0. The summed E-state index contributed by atoms with van der Waals surface area (Å²) in [6, 6.07) is 4.17. The van der Waals surface area contributed by atoms with E-state index in [0.29, 0.717) is 0 Å². The Morgan fingerprint density at radius 3 is 2.16 bits per heavy atom. The average molecular weight is 270 g/mol. The van der Waals surface area contributed by atoms with Crippen LogP contribution in [0.4, 0.5) is 24.8 Å². The molecule has 0 radical (unpaired) electrons. The Labute approximate surface area is 106 Å². The smallest absolute Gasteiger partial charge is 0.416 e. The molecule has 8 heteroatoms. The first kappa shape index (κ1) is 12.9. The number of ether oxygens (including phenoxy) is 1. The van der Waals surface area contributed by atoms with Crippen molar-refractivity contribution in [2.24, 2.45) is 0 Å². The molecule has 19 heavy (non-hydrogen) atoms. The number of hydrogen-bond donors (Lipinski definition) is 2. The van der Waals surface area contributed by atoms with Crippen LogP contribution in [0.25, 0.3) is 0 Å². The summed E-state index contributed by atoms with van der Waals surface area (Å²) in [7, 11) is 0. The fraction of sp³-hybridized carbons (Fsp3) is 0.0909. The molecule has 4 N–H and O–H groups in total. The summed E-state index contributed by atoms with van der Waals surface area (Å²) >= 11 is 0. The fourth-order valence-electron chi connectivity index (χ4n) is 1.28. The van der Waals surface area contributed by atoms with E-state index in [9.17, 15) is 13.2 Å². The quantitative estimate of drug-likeness (QED) is 0.875. The molecule has 0 atom stereocenters. The summed E-state index contributed by atoms with van der Waals surface area (Å²) in [5.41, 5.74) is 10.0. The van der Waals surface area contributed by atoms with Crippen molar-refractivity contribution in [1.29, 1.82) is 0 Å². The van der Waals surface area contributed by atoms with Crippen molar-refractivity contribution >= 4 is 11.6 Å². The van der Waals surface area contributed by atoms with E-state index in [1.54, 1.807) is 0 Å². The zero-order valence-electron chi connectivity index (χ0n) is 9.48. The molecule has 0 amide bonds. The first-order valence-electron chi connectivity index (χ1n) is 5.09. The molecule has 1 aromatic carbocycles. The zero-order chi connectivity index (χ0) is 14.0. The maximum Gasteiger partial charge on any atom is 0.416 e. The number of anilines is 2. The second-order valence-electron chi connectivity index (χ2n) is 3.60. The van der Waals surface area contributed by atoms with Crippen molar-refractivity contribution < 1.29 is 17.9 Å². The molecule has 0 unspecified atom stereocenters. The molecule has 0 saturated carbocycles. The molecule has 1 heterocycles. The second kappa shape index (κ2) is 4.63. The third-order valence-corrected chi connectivity index (χ3v) is 2.21. The lowest BCUT2D eigenvalue weighted by molar-refractivity contribution is -0.137. The van der Waals surface area contributed by atoms with Crippen molar-refractivity contribution in [2.75, 3.05) is 11.5 Å². The van der Waals surface area contributed by atoms with Crippen molar-refractivity contribution in [3.05, 3.63) is 36.0 Å². The molecule has 0 bridgehead atoms. The number of hydrogen-bond acceptors (Lipinski definition) is 5. The number of alkyl halides is 3. The van der Waals surface area contributed by atoms with Crippen LogP contribution in [0, 0.1) is 0 Å². The molecule has 0 saturated heterocycles. The van der Waals surface area contributed by atoms with Crippen LogP contribution in [-0.4, -0.2) is 9.97 Å². The van der Waals surface area contributed by atoms with Gasteiger partial charge in [0.2, 0.25) is 5.88 Å². The summed E-state index contributed by atoms with van der Waals surface area (Å²) < 4.78 is 42.3. The van der Waals surface area contributed by atoms with Crippen LogP contribution >= 0.6 is 0 Å². The van der Waals surface area contributed by atoms with Gasteiger partial charge in [-0.05, 0) is 24.3 Å². The van der Waals surface area contributed by atoms with Crippen LogP contribution in [0.2, 0.25) is 0 Å². The Kier molecular flexibility index (Phi) is 3.16. The molecule has 5 nitrogen and oxygen atoms in total. The third kappa shape index (κ3) is 3.03. The maximum absolute atomic E-state index is 12.4. The highest BCUT2D eigenvalue weighted by atomic mass is 19.4. The van der Waals surface area contributed by atoms with E-state index < -0.39 is 11.7 Å². The van der Waals surface area contributed by atoms with Gasteiger partial charge < -0.3 is 16.2 Å². The number of rotatable bonds is 2. The molecule has 0 aliphatic rings. The number of aromatic nitrogens is 2. The summed E-state index contributed by atoms with van der Waals surface area (Å²) in [4.78, 5) is 7.50. The lowest BCUT2D eigenvalue weighted by Gasteiger charge is -2.08. The molecular weight excluding hydrogens is 261 g/mol. The van der Waals surface area contributed by atoms with Crippen LogP contribution in [-0.2, 0) is 6.18 Å². The first-order valence-corrected chi connectivity index (χ1v) is 5.09. The van der Waals surface area contributed by atoms with Crippen LogP contribution < -0.4 is 16.2 Å². The summed E-state index contributed by atoms with van der Waals surface area (Å²) in [6.07, 6.45) is -3.16. The Morgan fingerprint density at radius 1 is 1.00 bits per heavy atom. The van der Waals surface area contributed by atoms with Crippen molar-refractivity contribution in [3.63, 3.8) is 0 Å². The molecule has 0 aliphatic heterocycles. The van der Waals surface area contributed by atoms with Crippen molar-refractivity contribution in [3.8, 4) is 11.6 Å². The normalized spacial score (nSPS) is 11.3. The number of nitrogen functional groups attached to an aromatic ring is 2. The largest absolute Gasteiger partial charge is 0.437 e.